The number of ketones is 1. The van der Waals surface area contributed by atoms with Gasteiger partial charge >= 0.3 is 0 Å². The topological polar surface area (TPSA) is 145 Å². The summed E-state index contributed by atoms with van der Waals surface area (Å²) in [5.74, 6) is -0.467. The van der Waals surface area contributed by atoms with E-state index in [0.717, 1.165) is 25.3 Å². The molecule has 3 N–H and O–H groups in total. The summed E-state index contributed by atoms with van der Waals surface area (Å²) < 4.78 is 11.4. The van der Waals surface area contributed by atoms with Crippen molar-refractivity contribution < 1.29 is 29.6 Å². The largest absolute Gasteiger partial charge is 0.508 e. The Bertz CT molecular complexity index is 955. The van der Waals surface area contributed by atoms with Crippen LogP contribution in [0.15, 0.2) is 35.4 Å². The van der Waals surface area contributed by atoms with Gasteiger partial charge in [0.2, 0.25) is 0 Å². The Morgan fingerprint density at radius 3 is 2.76 bits per heavy atom. The minimum Gasteiger partial charge on any atom is -0.508 e. The van der Waals surface area contributed by atoms with Crippen molar-refractivity contribution >= 4 is 5.78 Å². The number of rotatable bonds is 8. The molecule has 0 aromatic heterocycles. The Labute approximate surface area is 166 Å². The third kappa shape index (κ3) is 4.83. The zero-order valence-electron chi connectivity index (χ0n) is 15.6. The first-order valence-electron chi connectivity index (χ1n) is 9.22. The van der Waals surface area contributed by atoms with E-state index in [1.807, 2.05) is 0 Å². The van der Waals surface area contributed by atoms with Gasteiger partial charge in [0.25, 0.3) is 0 Å². The van der Waals surface area contributed by atoms with Gasteiger partial charge in [-0.2, -0.15) is 0 Å². The third-order valence-electron chi connectivity index (χ3n) is 4.56. The smallest absolute Gasteiger partial charge is 0.174 e. The maximum Gasteiger partial charge on any atom is 0.174 e. The Kier molecular flexibility index (Phi) is 6.31. The highest BCUT2D eigenvalue weighted by Gasteiger charge is 2.31. The van der Waals surface area contributed by atoms with Gasteiger partial charge in [0.15, 0.2) is 17.3 Å². The molecule has 2 aromatic carbocycles. The van der Waals surface area contributed by atoms with Crippen molar-refractivity contribution in [3.05, 3.63) is 51.9 Å². The zero-order chi connectivity index (χ0) is 20.8. The standard InChI is InChI=1S/C20H21N3O6/c21-23-22-6-2-1-3-7-28-18-8-12(4-5-14(18)25)17-11-16(27)20-15(26)9-13(24)10-19(20)29-17/h4-5,8-10,17,24-26H,1-3,6-7,11H2. The summed E-state index contributed by atoms with van der Waals surface area (Å²) in [5, 5.41) is 33.0. The van der Waals surface area contributed by atoms with Crippen LogP contribution in [0.2, 0.25) is 0 Å². The summed E-state index contributed by atoms with van der Waals surface area (Å²) >= 11 is 0. The summed E-state index contributed by atoms with van der Waals surface area (Å²) in [7, 11) is 0. The lowest BCUT2D eigenvalue weighted by Gasteiger charge is -2.26. The van der Waals surface area contributed by atoms with E-state index in [1.54, 1.807) is 12.1 Å². The average Bonchev–Trinajstić information content (AvgIpc) is 2.67. The summed E-state index contributed by atoms with van der Waals surface area (Å²) in [6.45, 7) is 0.819. The first-order valence-corrected chi connectivity index (χ1v) is 9.22. The van der Waals surface area contributed by atoms with Gasteiger partial charge in [0, 0.05) is 23.6 Å². The number of carbonyl (C=O) groups is 1. The van der Waals surface area contributed by atoms with Crippen LogP contribution in [0.5, 0.6) is 28.7 Å². The van der Waals surface area contributed by atoms with Crippen LogP contribution in [0.3, 0.4) is 0 Å². The van der Waals surface area contributed by atoms with Gasteiger partial charge in [0.05, 0.1) is 13.0 Å². The molecule has 1 aliphatic rings. The number of aromatic hydroxyl groups is 3. The molecule has 3 rings (SSSR count). The number of fused-ring (bicyclic) bond motifs is 1. The number of carbonyl (C=O) groups excluding carboxylic acids is 1. The molecular formula is C20H21N3O6. The fourth-order valence-corrected chi connectivity index (χ4v) is 3.15. The van der Waals surface area contributed by atoms with Gasteiger partial charge in [-0.3, -0.25) is 4.79 Å². The van der Waals surface area contributed by atoms with Crippen LogP contribution in [0.25, 0.3) is 10.4 Å². The normalized spacial score (nSPS) is 15.2. The van der Waals surface area contributed by atoms with Crippen molar-refractivity contribution in [3.63, 3.8) is 0 Å². The van der Waals surface area contributed by atoms with Crippen LogP contribution < -0.4 is 9.47 Å². The van der Waals surface area contributed by atoms with E-state index in [1.165, 1.54) is 12.1 Å². The van der Waals surface area contributed by atoms with E-state index in [2.05, 4.69) is 10.0 Å². The number of Topliss-reactive ketones (excluding diaryl/α,β-unsaturated/α-hetero) is 1. The highest BCUT2D eigenvalue weighted by atomic mass is 16.5. The Balaban J connectivity index is 1.68. The molecule has 0 fully saturated rings. The van der Waals surface area contributed by atoms with Crippen LogP contribution in [0, 0.1) is 0 Å². The minimum absolute atomic E-state index is 0.00889. The molecule has 152 valence electrons. The van der Waals surface area contributed by atoms with Gasteiger partial charge < -0.3 is 24.8 Å². The molecule has 1 unspecified atom stereocenters. The molecule has 0 amide bonds. The Morgan fingerprint density at radius 1 is 1.14 bits per heavy atom. The lowest BCUT2D eigenvalue weighted by molar-refractivity contribution is 0.0844. The second-order valence-corrected chi connectivity index (χ2v) is 6.66. The fraction of sp³-hybridized carbons (Fsp3) is 0.350. The van der Waals surface area contributed by atoms with E-state index in [9.17, 15) is 20.1 Å². The van der Waals surface area contributed by atoms with Crippen LogP contribution >= 0.6 is 0 Å². The Hall–Kier alpha value is -3.58. The summed E-state index contributed by atoms with van der Waals surface area (Å²) in [5.41, 5.74) is 8.91. The summed E-state index contributed by atoms with van der Waals surface area (Å²) in [4.78, 5) is 15.1. The first kappa shape index (κ1) is 20.2. The van der Waals surface area contributed by atoms with Crippen LogP contribution in [-0.4, -0.2) is 34.3 Å². The quantitative estimate of drug-likeness (QED) is 0.260. The number of azide groups is 1. The second kappa shape index (κ2) is 9.07. The molecule has 0 saturated heterocycles. The number of hydrogen-bond donors (Lipinski definition) is 3. The molecule has 9 heteroatoms. The van der Waals surface area contributed by atoms with Gasteiger partial charge in [0.1, 0.15) is 28.9 Å². The molecule has 1 aliphatic heterocycles. The number of ether oxygens (including phenoxy) is 2. The van der Waals surface area contributed by atoms with E-state index < -0.39 is 6.10 Å². The molecule has 9 nitrogen and oxygen atoms in total. The van der Waals surface area contributed by atoms with E-state index in [-0.39, 0.29) is 46.5 Å². The zero-order valence-corrected chi connectivity index (χ0v) is 15.6. The molecule has 2 aromatic rings. The second-order valence-electron chi connectivity index (χ2n) is 6.66. The lowest BCUT2D eigenvalue weighted by atomic mass is 9.95. The summed E-state index contributed by atoms with van der Waals surface area (Å²) in [6, 6.07) is 7.09. The predicted octanol–water partition coefficient (Wildman–Crippen LogP) is 4.37. The molecule has 29 heavy (non-hydrogen) atoms. The van der Waals surface area contributed by atoms with Crippen molar-refractivity contribution in [3.8, 4) is 28.7 Å². The summed E-state index contributed by atoms with van der Waals surface area (Å²) in [6.07, 6.45) is 1.69. The van der Waals surface area contributed by atoms with Crippen molar-refractivity contribution in [2.45, 2.75) is 31.8 Å². The molecule has 0 bridgehead atoms. The number of hydrogen-bond acceptors (Lipinski definition) is 7. The van der Waals surface area contributed by atoms with Gasteiger partial charge in [-0.1, -0.05) is 11.2 Å². The van der Waals surface area contributed by atoms with Gasteiger partial charge in [-0.25, -0.2) is 0 Å². The third-order valence-corrected chi connectivity index (χ3v) is 4.56. The lowest BCUT2D eigenvalue weighted by Crippen LogP contribution is -2.20. The average molecular weight is 399 g/mol. The molecule has 0 aliphatic carbocycles. The van der Waals surface area contributed by atoms with Crippen molar-refractivity contribution in [2.75, 3.05) is 13.2 Å². The molecular weight excluding hydrogens is 378 g/mol. The molecule has 0 radical (unpaired) electrons. The first-order chi connectivity index (χ1) is 14.0. The maximum atomic E-state index is 12.4. The van der Waals surface area contributed by atoms with Crippen molar-refractivity contribution in [1.29, 1.82) is 0 Å². The van der Waals surface area contributed by atoms with Gasteiger partial charge in [-0.15, -0.1) is 0 Å². The molecule has 1 atom stereocenters. The predicted molar refractivity (Wildman–Crippen MR) is 104 cm³/mol. The number of phenols is 3. The highest BCUT2D eigenvalue weighted by Crippen LogP contribution is 2.42. The van der Waals surface area contributed by atoms with E-state index in [0.29, 0.717) is 18.7 Å². The van der Waals surface area contributed by atoms with E-state index in [4.69, 9.17) is 15.0 Å². The number of nitrogens with zero attached hydrogens (tertiary/aromatic N) is 3. The van der Waals surface area contributed by atoms with Crippen LogP contribution in [0.4, 0.5) is 0 Å². The van der Waals surface area contributed by atoms with E-state index >= 15 is 0 Å². The minimum atomic E-state index is -0.636. The monoisotopic (exact) mass is 399 g/mol. The van der Waals surface area contributed by atoms with Crippen LogP contribution in [-0.2, 0) is 0 Å². The molecule has 1 heterocycles. The number of phenolic OH excluding ortho intramolecular Hbond substituents is 3. The number of unbranched alkanes of at least 4 members (excludes halogenated alkanes) is 2. The van der Waals surface area contributed by atoms with Crippen molar-refractivity contribution in [2.24, 2.45) is 5.11 Å². The molecule has 0 spiro atoms. The SMILES string of the molecule is [N-]=[N+]=NCCCCCOc1cc(C2CC(=O)c3c(O)cc(O)cc3O2)ccc1O. The fourth-order valence-electron chi connectivity index (χ4n) is 3.15. The maximum absolute atomic E-state index is 12.4. The highest BCUT2D eigenvalue weighted by molar-refractivity contribution is 6.02. The number of benzene rings is 2. The van der Waals surface area contributed by atoms with Crippen molar-refractivity contribution in [1.82, 2.24) is 0 Å². The Morgan fingerprint density at radius 2 is 1.97 bits per heavy atom. The molecule has 0 saturated carbocycles. The van der Waals surface area contributed by atoms with Gasteiger partial charge in [-0.05, 0) is 42.5 Å². The van der Waals surface area contributed by atoms with Crippen LogP contribution in [0.1, 0.15) is 47.7 Å².